The molecule has 2 heterocycles. The van der Waals surface area contributed by atoms with Gasteiger partial charge in [0.15, 0.2) is 0 Å². The third-order valence-corrected chi connectivity index (χ3v) is 3.34. The molecule has 1 atom stereocenters. The molecule has 0 aliphatic carbocycles. The molecule has 1 saturated heterocycles. The summed E-state index contributed by atoms with van der Waals surface area (Å²) < 4.78 is 0. The van der Waals surface area contributed by atoms with Crippen LogP contribution >= 0.6 is 0 Å². The van der Waals surface area contributed by atoms with Crippen LogP contribution < -0.4 is 5.73 Å². The molecule has 1 aromatic rings. The lowest BCUT2D eigenvalue weighted by atomic mass is 9.98. The maximum absolute atomic E-state index is 12.3. The second-order valence-electron chi connectivity index (χ2n) is 4.64. The lowest BCUT2D eigenvalue weighted by molar-refractivity contribution is 0.0594. The van der Waals surface area contributed by atoms with E-state index >= 15 is 0 Å². The predicted molar refractivity (Wildman–Crippen MR) is 66.6 cm³/mol. The Kier molecular flexibility index (Phi) is 3.66. The Balaban J connectivity index is 2.10. The van der Waals surface area contributed by atoms with E-state index in [1.807, 2.05) is 4.90 Å². The van der Waals surface area contributed by atoms with E-state index in [4.69, 9.17) is 5.73 Å². The quantitative estimate of drug-likeness (QED) is 0.840. The number of piperidine rings is 1. The molecule has 1 aliphatic heterocycles. The van der Waals surface area contributed by atoms with Gasteiger partial charge in [-0.1, -0.05) is 13.3 Å². The molecule has 0 spiro atoms. The van der Waals surface area contributed by atoms with Gasteiger partial charge in [0.25, 0.3) is 5.91 Å². The molecular formula is C12H20N4O. The van der Waals surface area contributed by atoms with Gasteiger partial charge in [-0.3, -0.25) is 9.89 Å². The molecule has 1 aromatic heterocycles. The Morgan fingerprint density at radius 3 is 3.12 bits per heavy atom. The molecule has 1 fully saturated rings. The van der Waals surface area contributed by atoms with E-state index < -0.39 is 0 Å². The van der Waals surface area contributed by atoms with E-state index in [9.17, 15) is 4.79 Å². The van der Waals surface area contributed by atoms with E-state index in [2.05, 4.69) is 17.1 Å². The van der Waals surface area contributed by atoms with Gasteiger partial charge in [0.1, 0.15) is 11.5 Å². The Bertz CT molecular complexity index is 386. The van der Waals surface area contributed by atoms with Crippen LogP contribution in [0, 0.1) is 0 Å². The number of hydrogen-bond donors (Lipinski definition) is 2. The first-order valence-corrected chi connectivity index (χ1v) is 6.34. The first kappa shape index (κ1) is 12.0. The number of anilines is 1. The van der Waals surface area contributed by atoms with Crippen LogP contribution in [0.1, 0.15) is 49.5 Å². The Labute approximate surface area is 101 Å². The monoisotopic (exact) mass is 236 g/mol. The smallest absolute Gasteiger partial charge is 0.272 e. The zero-order chi connectivity index (χ0) is 12.3. The molecule has 5 nitrogen and oxygen atoms in total. The fourth-order valence-electron chi connectivity index (χ4n) is 2.50. The number of carbonyl (C=O) groups excluding carboxylic acids is 1. The minimum atomic E-state index is 0.0346. The molecule has 5 heteroatoms. The zero-order valence-corrected chi connectivity index (χ0v) is 10.3. The van der Waals surface area contributed by atoms with Gasteiger partial charge in [-0.05, 0) is 25.7 Å². The van der Waals surface area contributed by atoms with Crippen LogP contribution in [0.3, 0.4) is 0 Å². The number of nitrogen functional groups attached to an aromatic ring is 1. The summed E-state index contributed by atoms with van der Waals surface area (Å²) in [6.07, 6.45) is 5.62. The second kappa shape index (κ2) is 5.21. The fourth-order valence-corrected chi connectivity index (χ4v) is 2.50. The number of aromatic nitrogens is 2. The van der Waals surface area contributed by atoms with Crippen molar-refractivity contribution in [1.29, 1.82) is 0 Å². The van der Waals surface area contributed by atoms with Gasteiger partial charge >= 0.3 is 0 Å². The van der Waals surface area contributed by atoms with Crippen molar-refractivity contribution < 1.29 is 4.79 Å². The predicted octanol–water partition coefficient (Wildman–Crippen LogP) is 1.79. The van der Waals surface area contributed by atoms with E-state index in [1.54, 1.807) is 6.07 Å². The second-order valence-corrected chi connectivity index (χ2v) is 4.64. The summed E-state index contributed by atoms with van der Waals surface area (Å²) in [6.45, 7) is 3.01. The molecule has 0 aromatic carbocycles. The summed E-state index contributed by atoms with van der Waals surface area (Å²) in [7, 11) is 0. The number of aromatic amines is 1. The maximum Gasteiger partial charge on any atom is 0.272 e. The SMILES string of the molecule is CCCC1CCCCN1C(=O)c1cc(N)n[nH]1. The van der Waals surface area contributed by atoms with Crippen LogP contribution in [0.5, 0.6) is 0 Å². The van der Waals surface area contributed by atoms with Crippen LogP contribution in [-0.2, 0) is 0 Å². The average Bonchev–Trinajstić information content (AvgIpc) is 2.76. The molecule has 0 bridgehead atoms. The van der Waals surface area contributed by atoms with Gasteiger partial charge in [0.05, 0.1) is 0 Å². The Morgan fingerprint density at radius 2 is 2.47 bits per heavy atom. The summed E-state index contributed by atoms with van der Waals surface area (Å²) in [5.41, 5.74) is 6.03. The van der Waals surface area contributed by atoms with Crippen LogP contribution in [0.25, 0.3) is 0 Å². The van der Waals surface area contributed by atoms with Crippen molar-refractivity contribution in [3.63, 3.8) is 0 Å². The third-order valence-electron chi connectivity index (χ3n) is 3.34. The highest BCUT2D eigenvalue weighted by atomic mass is 16.2. The van der Waals surface area contributed by atoms with E-state index in [-0.39, 0.29) is 5.91 Å². The minimum Gasteiger partial charge on any atom is -0.382 e. The fraction of sp³-hybridized carbons (Fsp3) is 0.667. The van der Waals surface area contributed by atoms with Gasteiger partial charge in [-0.25, -0.2) is 0 Å². The Hall–Kier alpha value is -1.52. The van der Waals surface area contributed by atoms with Crippen LogP contribution in [0.15, 0.2) is 6.07 Å². The molecule has 1 amide bonds. The third kappa shape index (κ3) is 2.60. The molecule has 1 aliphatic rings. The van der Waals surface area contributed by atoms with Crippen LogP contribution in [0.4, 0.5) is 5.82 Å². The number of nitrogens with two attached hydrogens (primary N) is 1. The lowest BCUT2D eigenvalue weighted by Gasteiger charge is -2.35. The molecular weight excluding hydrogens is 216 g/mol. The highest BCUT2D eigenvalue weighted by Crippen LogP contribution is 2.22. The molecule has 2 rings (SSSR count). The van der Waals surface area contributed by atoms with Gasteiger partial charge in [-0.2, -0.15) is 5.10 Å². The maximum atomic E-state index is 12.3. The zero-order valence-electron chi connectivity index (χ0n) is 10.3. The van der Waals surface area contributed by atoms with Crippen LogP contribution in [0.2, 0.25) is 0 Å². The first-order valence-electron chi connectivity index (χ1n) is 6.34. The summed E-state index contributed by atoms with van der Waals surface area (Å²) in [6, 6.07) is 1.99. The number of nitrogens with one attached hydrogen (secondary N) is 1. The van der Waals surface area contributed by atoms with E-state index in [0.717, 1.165) is 32.2 Å². The molecule has 0 radical (unpaired) electrons. The minimum absolute atomic E-state index is 0.0346. The van der Waals surface area contributed by atoms with Gasteiger partial charge < -0.3 is 10.6 Å². The lowest BCUT2D eigenvalue weighted by Crippen LogP contribution is -2.43. The number of likely N-dealkylation sites (tertiary alicyclic amines) is 1. The molecule has 0 saturated carbocycles. The van der Waals surface area contributed by atoms with Crippen molar-refractivity contribution in [2.24, 2.45) is 0 Å². The van der Waals surface area contributed by atoms with Crippen LogP contribution in [-0.4, -0.2) is 33.6 Å². The van der Waals surface area contributed by atoms with E-state index in [1.165, 1.54) is 6.42 Å². The molecule has 94 valence electrons. The standard InChI is InChI=1S/C12H20N4O/c1-2-5-9-6-3-4-7-16(9)12(17)10-8-11(13)15-14-10/h8-9H,2-7H2,1H3,(H3,13,14,15). The van der Waals surface area contributed by atoms with Crippen molar-refractivity contribution >= 4 is 11.7 Å². The van der Waals surface area contributed by atoms with Crippen molar-refractivity contribution in [3.8, 4) is 0 Å². The highest BCUT2D eigenvalue weighted by molar-refractivity contribution is 5.93. The first-order chi connectivity index (χ1) is 8.22. The highest BCUT2D eigenvalue weighted by Gasteiger charge is 2.27. The summed E-state index contributed by atoms with van der Waals surface area (Å²) in [5, 5.41) is 6.51. The van der Waals surface area contributed by atoms with Gasteiger partial charge in [0.2, 0.25) is 0 Å². The summed E-state index contributed by atoms with van der Waals surface area (Å²) in [4.78, 5) is 14.3. The summed E-state index contributed by atoms with van der Waals surface area (Å²) in [5.74, 6) is 0.407. The Morgan fingerprint density at radius 1 is 1.65 bits per heavy atom. The van der Waals surface area contributed by atoms with Gasteiger partial charge in [0, 0.05) is 18.7 Å². The molecule has 17 heavy (non-hydrogen) atoms. The van der Waals surface area contributed by atoms with Crippen molar-refractivity contribution in [2.45, 2.75) is 45.1 Å². The number of nitrogens with zero attached hydrogens (tertiary/aromatic N) is 2. The van der Waals surface area contributed by atoms with Crippen molar-refractivity contribution in [3.05, 3.63) is 11.8 Å². The van der Waals surface area contributed by atoms with Crippen molar-refractivity contribution in [2.75, 3.05) is 12.3 Å². The number of rotatable bonds is 3. The largest absolute Gasteiger partial charge is 0.382 e. The number of H-pyrrole nitrogens is 1. The summed E-state index contributed by atoms with van der Waals surface area (Å²) >= 11 is 0. The normalized spacial score (nSPS) is 20.5. The van der Waals surface area contributed by atoms with Gasteiger partial charge in [-0.15, -0.1) is 0 Å². The van der Waals surface area contributed by atoms with Crippen molar-refractivity contribution in [1.82, 2.24) is 15.1 Å². The topological polar surface area (TPSA) is 75.0 Å². The number of hydrogen-bond acceptors (Lipinski definition) is 3. The number of carbonyl (C=O) groups is 1. The number of amides is 1. The average molecular weight is 236 g/mol. The molecule has 3 N–H and O–H groups in total. The molecule has 1 unspecified atom stereocenters. The van der Waals surface area contributed by atoms with E-state index in [0.29, 0.717) is 17.6 Å².